The second-order valence-corrected chi connectivity index (χ2v) is 10.5. The summed E-state index contributed by atoms with van der Waals surface area (Å²) in [6, 6.07) is 9.43. The molecule has 0 amide bonds. The van der Waals surface area contributed by atoms with Crippen LogP contribution in [0.3, 0.4) is 0 Å². The number of hydrogen-bond acceptors (Lipinski definition) is 13. The average molecular weight is 585 g/mol. The highest BCUT2D eigenvalue weighted by molar-refractivity contribution is 5.72. The van der Waals surface area contributed by atoms with Crippen LogP contribution in [-0.4, -0.2) is 93.8 Å². The molecule has 2 heterocycles. The number of rotatable bonds is 13. The third-order valence-electron chi connectivity index (χ3n) is 7.66. The van der Waals surface area contributed by atoms with Crippen LogP contribution in [0.2, 0.25) is 0 Å². The molecule has 2 bridgehead atoms. The summed E-state index contributed by atoms with van der Waals surface area (Å²) in [6.45, 7) is 2.37. The van der Waals surface area contributed by atoms with Gasteiger partial charge in [-0.25, -0.2) is 4.89 Å². The Kier molecular flexibility index (Phi) is 12.6. The first kappa shape index (κ1) is 32.9. The lowest BCUT2D eigenvalue weighted by molar-refractivity contribution is -0.314. The molecule has 13 heteroatoms. The zero-order valence-corrected chi connectivity index (χ0v) is 23.7. The molecule has 1 aromatic carbocycles. The minimum absolute atomic E-state index is 0.0486. The van der Waals surface area contributed by atoms with E-state index in [1.54, 1.807) is 45.0 Å². The lowest BCUT2D eigenvalue weighted by Crippen LogP contribution is -2.55. The topological polar surface area (TPSA) is 198 Å². The zero-order chi connectivity index (χ0) is 30.6. The van der Waals surface area contributed by atoms with Crippen LogP contribution in [0.5, 0.6) is 0 Å². The molecule has 0 radical (unpaired) electrons. The minimum Gasteiger partial charge on any atom is -0.548 e. The van der Waals surface area contributed by atoms with Crippen molar-refractivity contribution in [3.63, 3.8) is 0 Å². The van der Waals surface area contributed by atoms with Gasteiger partial charge in [0.05, 0.1) is 41.9 Å². The number of nitrogens with zero attached hydrogens (tertiary/aromatic N) is 4. The summed E-state index contributed by atoms with van der Waals surface area (Å²) >= 11 is 0. The number of carbonyl (C=O) groups excluding carboxylic acids is 3. The normalized spacial score (nSPS) is 17.9. The van der Waals surface area contributed by atoms with Crippen LogP contribution >= 0.6 is 0 Å². The van der Waals surface area contributed by atoms with E-state index in [1.807, 2.05) is 12.1 Å². The van der Waals surface area contributed by atoms with Crippen molar-refractivity contribution in [1.82, 2.24) is 19.7 Å². The second-order valence-electron chi connectivity index (χ2n) is 10.5. The third kappa shape index (κ3) is 9.74. The molecule has 0 saturated carbocycles. The number of nitrogen functional groups attached to an aromatic ring is 1. The number of benzene rings is 1. The standard InChI is InChI=1S/C29H41N5O8/c1-20(27(35)36)32-13-15-33(25(28(37)38)6-3-17-42-41)18-23-4-2-5-24(31-23)19-34(16-14-32)26(29(39)40)12-9-21-7-10-22(30)11-8-21/h2,4-5,7-8,10-11,20,25-26,41H,3,6,9,12-19,30H2,1H3,(H,35,36)(H,37,38)(H,39,40)/p-3. The Morgan fingerprint density at radius 2 is 1.38 bits per heavy atom. The molecular formula is C29H38N5O8-3. The van der Waals surface area contributed by atoms with Gasteiger partial charge in [0.15, 0.2) is 0 Å². The van der Waals surface area contributed by atoms with Gasteiger partial charge in [0.2, 0.25) is 0 Å². The highest BCUT2D eigenvalue weighted by atomic mass is 17.1. The first-order valence-electron chi connectivity index (χ1n) is 14.0. The number of aromatic nitrogens is 1. The zero-order valence-electron chi connectivity index (χ0n) is 23.7. The molecule has 3 atom stereocenters. The molecule has 1 aromatic heterocycles. The van der Waals surface area contributed by atoms with Crippen molar-refractivity contribution in [1.29, 1.82) is 0 Å². The number of aryl methyl sites for hydroxylation is 1. The summed E-state index contributed by atoms with van der Waals surface area (Å²) in [5.41, 5.74) is 8.43. The van der Waals surface area contributed by atoms with Crippen molar-refractivity contribution in [3.05, 3.63) is 59.4 Å². The van der Waals surface area contributed by atoms with Gasteiger partial charge in [0.25, 0.3) is 0 Å². The van der Waals surface area contributed by atoms with Gasteiger partial charge in [0.1, 0.15) is 0 Å². The lowest BCUT2D eigenvalue weighted by Gasteiger charge is -2.39. The van der Waals surface area contributed by atoms with Gasteiger partial charge in [-0.2, -0.15) is 0 Å². The number of fused-ring (bicyclic) bond motifs is 2. The summed E-state index contributed by atoms with van der Waals surface area (Å²) in [4.78, 5) is 50.2. The Balaban J connectivity index is 1.92. The Morgan fingerprint density at radius 1 is 0.857 bits per heavy atom. The molecular weight excluding hydrogens is 546 g/mol. The molecule has 1 aliphatic rings. The third-order valence-corrected chi connectivity index (χ3v) is 7.66. The summed E-state index contributed by atoms with van der Waals surface area (Å²) in [7, 11) is 0. The maximum absolute atomic E-state index is 12.4. The van der Waals surface area contributed by atoms with Crippen molar-refractivity contribution in [2.75, 3.05) is 38.5 Å². The summed E-state index contributed by atoms with van der Waals surface area (Å²) in [5.74, 6) is -3.86. The van der Waals surface area contributed by atoms with Crippen molar-refractivity contribution >= 4 is 23.6 Å². The van der Waals surface area contributed by atoms with Gasteiger partial charge in [-0.1, -0.05) is 18.2 Å². The van der Waals surface area contributed by atoms with Crippen LogP contribution in [-0.2, 0) is 38.8 Å². The van der Waals surface area contributed by atoms with Gasteiger partial charge in [-0.15, -0.1) is 0 Å². The number of carboxylic acids is 3. The van der Waals surface area contributed by atoms with E-state index in [0.29, 0.717) is 23.5 Å². The summed E-state index contributed by atoms with van der Waals surface area (Å²) < 4.78 is 0. The fraction of sp³-hybridized carbons (Fsp3) is 0.517. The number of anilines is 1. The quantitative estimate of drug-likeness (QED) is 0.112. The van der Waals surface area contributed by atoms with Crippen molar-refractivity contribution < 1.29 is 39.8 Å². The van der Waals surface area contributed by atoms with E-state index in [1.165, 1.54) is 6.92 Å². The van der Waals surface area contributed by atoms with Crippen molar-refractivity contribution in [2.24, 2.45) is 0 Å². The van der Waals surface area contributed by atoms with Gasteiger partial charge >= 0.3 is 0 Å². The largest absolute Gasteiger partial charge is 0.548 e. The number of hydrogen-bond donors (Lipinski definition) is 2. The number of pyridine rings is 1. The molecule has 42 heavy (non-hydrogen) atoms. The van der Waals surface area contributed by atoms with Crippen LogP contribution < -0.4 is 21.1 Å². The molecule has 230 valence electrons. The Bertz CT molecular complexity index is 1180. The van der Waals surface area contributed by atoms with Gasteiger partial charge in [-0.05, 0) is 62.4 Å². The Hall–Kier alpha value is -3.62. The van der Waals surface area contributed by atoms with E-state index in [0.717, 1.165) is 5.56 Å². The first-order valence-corrected chi connectivity index (χ1v) is 14.0. The van der Waals surface area contributed by atoms with Crippen LogP contribution in [0.1, 0.15) is 43.1 Å². The smallest absolute Gasteiger partial charge is 0.0820 e. The van der Waals surface area contributed by atoms with E-state index in [2.05, 4.69) is 4.89 Å². The fourth-order valence-corrected chi connectivity index (χ4v) is 5.20. The van der Waals surface area contributed by atoms with Gasteiger partial charge in [0, 0.05) is 57.0 Å². The number of carbonyl (C=O) groups is 3. The molecule has 3 N–H and O–H groups in total. The van der Waals surface area contributed by atoms with E-state index >= 15 is 0 Å². The van der Waals surface area contributed by atoms with Gasteiger partial charge in [-0.3, -0.25) is 24.9 Å². The van der Waals surface area contributed by atoms with Crippen molar-refractivity contribution in [2.45, 2.75) is 63.8 Å². The van der Waals surface area contributed by atoms with E-state index in [9.17, 15) is 29.7 Å². The Labute approximate surface area is 245 Å². The van der Waals surface area contributed by atoms with E-state index < -0.39 is 36.0 Å². The molecule has 3 rings (SSSR count). The average Bonchev–Trinajstić information content (AvgIpc) is 2.94. The van der Waals surface area contributed by atoms with Crippen LogP contribution in [0, 0.1) is 0 Å². The van der Waals surface area contributed by atoms with Crippen LogP contribution in [0.25, 0.3) is 0 Å². The first-order chi connectivity index (χ1) is 20.1. The van der Waals surface area contributed by atoms with Gasteiger partial charge < -0.3 is 35.4 Å². The molecule has 0 spiro atoms. The molecule has 3 unspecified atom stereocenters. The lowest BCUT2D eigenvalue weighted by atomic mass is 10.0. The molecule has 1 aliphatic heterocycles. The van der Waals surface area contributed by atoms with E-state index in [4.69, 9.17) is 16.0 Å². The number of carboxylic acid groups (broad SMARTS) is 3. The predicted octanol–water partition coefficient (Wildman–Crippen LogP) is -2.14. The SMILES string of the molecule is CC(C(=O)[O-])N1CCN(C(CCCOO)C(=O)[O-])Cc2cccc(n2)CN(C(CCc2ccc(N)cc2)C(=O)[O-])CC1. The molecule has 2 aromatic rings. The molecule has 0 saturated heterocycles. The van der Waals surface area contributed by atoms with Crippen LogP contribution in [0.15, 0.2) is 42.5 Å². The van der Waals surface area contributed by atoms with E-state index in [-0.39, 0.29) is 65.1 Å². The molecule has 0 fully saturated rings. The van der Waals surface area contributed by atoms with Crippen molar-refractivity contribution in [3.8, 4) is 0 Å². The monoisotopic (exact) mass is 584 g/mol. The Morgan fingerprint density at radius 3 is 1.88 bits per heavy atom. The maximum Gasteiger partial charge on any atom is 0.0820 e. The summed E-state index contributed by atoms with van der Waals surface area (Å²) in [6.07, 6.45) is 1.10. The highest BCUT2D eigenvalue weighted by Crippen LogP contribution is 2.18. The summed E-state index contributed by atoms with van der Waals surface area (Å²) in [5, 5.41) is 45.0. The number of nitrogens with two attached hydrogens (primary N) is 1. The number of aliphatic carboxylic acids is 3. The van der Waals surface area contributed by atoms with Crippen LogP contribution in [0.4, 0.5) is 5.69 Å². The fourth-order valence-electron chi connectivity index (χ4n) is 5.20. The predicted molar refractivity (Wildman–Crippen MR) is 146 cm³/mol. The maximum atomic E-state index is 12.4. The highest BCUT2D eigenvalue weighted by Gasteiger charge is 2.27. The minimum atomic E-state index is -1.31. The molecule has 13 nitrogen and oxygen atoms in total. The second kappa shape index (κ2) is 16.1. The molecule has 0 aliphatic carbocycles.